The topological polar surface area (TPSA) is 69.2 Å². The first kappa shape index (κ1) is 24.0. The monoisotopic (exact) mass is 413 g/mol. The molecule has 2 N–H and O–H groups in total. The first-order chi connectivity index (χ1) is 14.4. The van der Waals surface area contributed by atoms with E-state index in [1.54, 1.807) is 0 Å². The summed E-state index contributed by atoms with van der Waals surface area (Å²) in [7, 11) is 2.05. The lowest BCUT2D eigenvalue weighted by atomic mass is 10.0. The fourth-order valence-corrected chi connectivity index (χ4v) is 3.31. The predicted molar refractivity (Wildman–Crippen MR) is 127 cm³/mol. The predicted octanol–water partition coefficient (Wildman–Crippen LogP) is 4.28. The Labute approximate surface area is 182 Å². The van der Waals surface area contributed by atoms with E-state index >= 15 is 0 Å². The zero-order valence-electron chi connectivity index (χ0n) is 20.0. The van der Waals surface area contributed by atoms with Gasteiger partial charge >= 0.3 is 0 Å². The van der Waals surface area contributed by atoms with E-state index in [2.05, 4.69) is 83.8 Å². The van der Waals surface area contributed by atoms with Gasteiger partial charge < -0.3 is 15.6 Å². The zero-order chi connectivity index (χ0) is 22.3. The first-order valence-electron chi connectivity index (χ1n) is 11.2. The first-order valence-corrected chi connectivity index (χ1v) is 11.2. The molecule has 2 aromatic rings. The molecule has 0 aliphatic carbocycles. The van der Waals surface area contributed by atoms with Gasteiger partial charge in [-0.1, -0.05) is 34.6 Å². The van der Waals surface area contributed by atoms with Gasteiger partial charge in [-0.15, -0.1) is 10.2 Å². The molecule has 0 bridgehead atoms. The maximum Gasteiger partial charge on any atom is 0.183 e. The molecule has 3 heterocycles. The Balaban J connectivity index is 0.000000481. The second-order valence-electron chi connectivity index (χ2n) is 8.21. The maximum atomic E-state index is 4.83. The molecule has 0 spiro atoms. The molecule has 7 nitrogen and oxygen atoms in total. The number of nitrogens with one attached hydrogen (secondary N) is 2. The number of rotatable bonds is 2. The molecule has 1 aromatic heterocycles. The van der Waals surface area contributed by atoms with Crippen molar-refractivity contribution in [3.63, 3.8) is 0 Å². The number of benzene rings is 1. The van der Waals surface area contributed by atoms with Crippen LogP contribution in [-0.2, 0) is 0 Å². The third-order valence-corrected chi connectivity index (χ3v) is 4.88. The van der Waals surface area contributed by atoms with Crippen molar-refractivity contribution in [2.45, 2.75) is 54.5 Å². The van der Waals surface area contributed by atoms with Gasteiger partial charge in [0.05, 0.1) is 11.7 Å². The smallest absolute Gasteiger partial charge is 0.183 e. The number of fused-ring (bicyclic) bond motifs is 1. The number of aryl methyl sites for hydroxylation is 1. The molecule has 2 aliphatic heterocycles. The van der Waals surface area contributed by atoms with E-state index in [1.165, 1.54) is 5.56 Å². The minimum atomic E-state index is 0.325. The van der Waals surface area contributed by atoms with Gasteiger partial charge in [-0.25, -0.2) is 9.99 Å². The van der Waals surface area contributed by atoms with E-state index in [9.17, 15) is 0 Å². The standard InChI is InChI=1S/C17H23N7.C4H10.C2H6/c1-11-17(24-8-6-18-7-9-24)19-16(21-20-11)13-4-5-15-14(10-13)12(2)23(3)22-15;1-4(2)3;1-2/h4-5,10,12,18,22H,6-9H2,1-3H3;4H,1-3H3;1-2H3. The van der Waals surface area contributed by atoms with E-state index in [-0.39, 0.29) is 0 Å². The van der Waals surface area contributed by atoms with Crippen molar-refractivity contribution < 1.29 is 0 Å². The van der Waals surface area contributed by atoms with Crippen LogP contribution in [0.1, 0.15) is 58.8 Å². The quantitative estimate of drug-likeness (QED) is 0.761. The lowest BCUT2D eigenvalue weighted by molar-refractivity contribution is 0.342. The van der Waals surface area contributed by atoms with Crippen LogP contribution in [0.5, 0.6) is 0 Å². The minimum absolute atomic E-state index is 0.325. The highest BCUT2D eigenvalue weighted by molar-refractivity contribution is 5.66. The third-order valence-electron chi connectivity index (χ3n) is 4.88. The molecule has 1 saturated heterocycles. The largest absolute Gasteiger partial charge is 0.352 e. The highest BCUT2D eigenvalue weighted by Crippen LogP contribution is 2.36. The average molecular weight is 414 g/mol. The van der Waals surface area contributed by atoms with E-state index in [1.807, 2.05) is 20.8 Å². The fourth-order valence-electron chi connectivity index (χ4n) is 3.31. The SMILES string of the molecule is CC.CC(C)C.Cc1nnc(-c2ccc3c(c2)C(C)N(C)N3)nc1N1CCNCC1. The summed E-state index contributed by atoms with van der Waals surface area (Å²) >= 11 is 0. The molecule has 0 saturated carbocycles. The van der Waals surface area contributed by atoms with Gasteiger partial charge in [0.15, 0.2) is 11.6 Å². The van der Waals surface area contributed by atoms with Crippen LogP contribution in [0.3, 0.4) is 0 Å². The number of piperazine rings is 1. The van der Waals surface area contributed by atoms with Crippen LogP contribution in [0.4, 0.5) is 11.5 Å². The molecule has 0 radical (unpaired) electrons. The molecule has 7 heteroatoms. The summed E-state index contributed by atoms with van der Waals surface area (Å²) in [6.45, 7) is 18.5. The van der Waals surface area contributed by atoms with Crippen molar-refractivity contribution in [1.82, 2.24) is 25.5 Å². The minimum Gasteiger partial charge on any atom is -0.352 e. The zero-order valence-corrected chi connectivity index (χ0v) is 20.0. The summed E-state index contributed by atoms with van der Waals surface area (Å²) in [5.74, 6) is 2.48. The number of hydrogen-bond acceptors (Lipinski definition) is 7. The van der Waals surface area contributed by atoms with Gasteiger partial charge in [0.1, 0.15) is 5.69 Å². The van der Waals surface area contributed by atoms with Crippen molar-refractivity contribution >= 4 is 11.5 Å². The molecule has 1 unspecified atom stereocenters. The summed E-state index contributed by atoms with van der Waals surface area (Å²) < 4.78 is 0. The summed E-state index contributed by atoms with van der Waals surface area (Å²) in [6, 6.07) is 6.65. The molecule has 1 fully saturated rings. The third kappa shape index (κ3) is 5.89. The van der Waals surface area contributed by atoms with Gasteiger partial charge in [-0.05, 0) is 43.5 Å². The summed E-state index contributed by atoms with van der Waals surface area (Å²) in [5, 5.41) is 14.2. The highest BCUT2D eigenvalue weighted by Gasteiger charge is 2.24. The van der Waals surface area contributed by atoms with Crippen LogP contribution in [0, 0.1) is 12.8 Å². The van der Waals surface area contributed by atoms with Crippen LogP contribution in [-0.4, -0.2) is 53.4 Å². The Kier molecular flexibility index (Phi) is 8.99. The lowest BCUT2D eigenvalue weighted by Crippen LogP contribution is -2.44. The molecule has 0 amide bonds. The van der Waals surface area contributed by atoms with Crippen molar-refractivity contribution in [3.05, 3.63) is 29.5 Å². The molecular formula is C23H39N7. The van der Waals surface area contributed by atoms with Crippen molar-refractivity contribution in [1.29, 1.82) is 0 Å². The van der Waals surface area contributed by atoms with Gasteiger partial charge in [0, 0.05) is 38.8 Å². The molecule has 2 aliphatic rings. The van der Waals surface area contributed by atoms with E-state index in [0.29, 0.717) is 11.9 Å². The summed E-state index contributed by atoms with van der Waals surface area (Å²) in [6.07, 6.45) is 0. The van der Waals surface area contributed by atoms with E-state index in [0.717, 1.165) is 54.9 Å². The number of hydrazine groups is 1. The molecule has 4 rings (SSSR count). The van der Waals surface area contributed by atoms with Crippen LogP contribution in [0.2, 0.25) is 0 Å². The Bertz CT molecular complexity index is 797. The average Bonchev–Trinajstić information content (AvgIpc) is 3.03. The lowest BCUT2D eigenvalue weighted by Gasteiger charge is -2.29. The van der Waals surface area contributed by atoms with Crippen molar-refractivity contribution in [2.75, 3.05) is 43.6 Å². The van der Waals surface area contributed by atoms with Gasteiger partial charge in [-0.3, -0.25) is 0 Å². The van der Waals surface area contributed by atoms with Crippen LogP contribution in [0.25, 0.3) is 11.4 Å². The van der Waals surface area contributed by atoms with E-state index < -0.39 is 0 Å². The summed E-state index contributed by atoms with van der Waals surface area (Å²) in [4.78, 5) is 7.11. The number of aromatic nitrogens is 3. The molecule has 1 atom stereocenters. The van der Waals surface area contributed by atoms with Crippen molar-refractivity contribution in [2.24, 2.45) is 5.92 Å². The number of nitrogens with zero attached hydrogens (tertiary/aromatic N) is 5. The Morgan fingerprint density at radius 2 is 1.70 bits per heavy atom. The second-order valence-corrected chi connectivity index (χ2v) is 8.21. The van der Waals surface area contributed by atoms with E-state index in [4.69, 9.17) is 4.98 Å². The van der Waals surface area contributed by atoms with Gasteiger partial charge in [0.25, 0.3) is 0 Å². The Morgan fingerprint density at radius 3 is 2.33 bits per heavy atom. The Morgan fingerprint density at radius 1 is 1.07 bits per heavy atom. The normalized spacial score (nSPS) is 18.0. The Hall–Kier alpha value is -2.25. The number of anilines is 2. The summed E-state index contributed by atoms with van der Waals surface area (Å²) in [5.41, 5.74) is 7.68. The molecule has 1 aromatic carbocycles. The van der Waals surface area contributed by atoms with Crippen LogP contribution >= 0.6 is 0 Å². The molecule has 166 valence electrons. The van der Waals surface area contributed by atoms with Gasteiger partial charge in [-0.2, -0.15) is 0 Å². The maximum absolute atomic E-state index is 4.83. The molecule has 30 heavy (non-hydrogen) atoms. The van der Waals surface area contributed by atoms with Crippen molar-refractivity contribution in [3.8, 4) is 11.4 Å². The highest BCUT2D eigenvalue weighted by atomic mass is 15.5. The molecular weight excluding hydrogens is 374 g/mol. The van der Waals surface area contributed by atoms with Gasteiger partial charge in [0.2, 0.25) is 0 Å². The second kappa shape index (κ2) is 11.2. The fraction of sp³-hybridized carbons (Fsp3) is 0.609. The van der Waals surface area contributed by atoms with Crippen LogP contribution < -0.4 is 15.6 Å². The number of hydrogen-bond donors (Lipinski definition) is 2. The van der Waals surface area contributed by atoms with Crippen LogP contribution in [0.15, 0.2) is 18.2 Å².